The highest BCUT2D eigenvalue weighted by Gasteiger charge is 2.32. The lowest BCUT2D eigenvalue weighted by atomic mass is 9.94. The van der Waals surface area contributed by atoms with Crippen LogP contribution in [0.3, 0.4) is 0 Å². The van der Waals surface area contributed by atoms with Crippen molar-refractivity contribution < 1.29 is 9.59 Å². The molecule has 0 aromatic heterocycles. The second-order valence-electron chi connectivity index (χ2n) is 5.10. The SMILES string of the molecule is CCN(CC)C(=O)C1=C(C)NC(=O)NC1c1ccc(Cl)cc1. The predicted molar refractivity (Wildman–Crippen MR) is 86.5 cm³/mol. The zero-order chi connectivity index (χ0) is 16.3. The molecule has 1 heterocycles. The summed E-state index contributed by atoms with van der Waals surface area (Å²) in [5, 5.41) is 6.11. The summed E-state index contributed by atoms with van der Waals surface area (Å²) >= 11 is 5.92. The predicted octanol–water partition coefficient (Wildman–Crippen LogP) is 2.84. The number of allylic oxidation sites excluding steroid dienone is 1. The monoisotopic (exact) mass is 321 g/mol. The number of amides is 3. The van der Waals surface area contributed by atoms with Crippen molar-refractivity contribution in [2.24, 2.45) is 0 Å². The topological polar surface area (TPSA) is 61.4 Å². The average molecular weight is 322 g/mol. The van der Waals surface area contributed by atoms with Crippen LogP contribution < -0.4 is 10.6 Å². The molecule has 0 aliphatic carbocycles. The second kappa shape index (κ2) is 6.83. The van der Waals surface area contributed by atoms with Crippen molar-refractivity contribution in [2.75, 3.05) is 13.1 Å². The van der Waals surface area contributed by atoms with Crippen molar-refractivity contribution in [1.29, 1.82) is 0 Å². The number of carbonyl (C=O) groups excluding carboxylic acids is 2. The van der Waals surface area contributed by atoms with E-state index in [4.69, 9.17) is 11.6 Å². The number of urea groups is 1. The number of hydrogen-bond acceptors (Lipinski definition) is 2. The van der Waals surface area contributed by atoms with E-state index in [1.165, 1.54) is 0 Å². The minimum Gasteiger partial charge on any atom is -0.339 e. The van der Waals surface area contributed by atoms with E-state index in [0.29, 0.717) is 29.4 Å². The molecule has 0 radical (unpaired) electrons. The van der Waals surface area contributed by atoms with Gasteiger partial charge in [0.15, 0.2) is 0 Å². The number of likely N-dealkylation sites (N-methyl/N-ethyl adjacent to an activating group) is 1. The Hall–Kier alpha value is -2.01. The number of rotatable bonds is 4. The van der Waals surface area contributed by atoms with Gasteiger partial charge in [0.25, 0.3) is 5.91 Å². The van der Waals surface area contributed by atoms with Crippen LogP contribution in [0.4, 0.5) is 4.79 Å². The molecule has 1 aromatic rings. The number of halogens is 1. The summed E-state index contributed by atoms with van der Waals surface area (Å²) in [6, 6.07) is 6.36. The molecule has 0 saturated heterocycles. The van der Waals surface area contributed by atoms with Gasteiger partial charge in [-0.05, 0) is 38.5 Å². The van der Waals surface area contributed by atoms with E-state index in [-0.39, 0.29) is 11.9 Å². The third-order valence-corrected chi connectivity index (χ3v) is 4.01. The van der Waals surface area contributed by atoms with Gasteiger partial charge in [0, 0.05) is 23.8 Å². The molecule has 0 bridgehead atoms. The smallest absolute Gasteiger partial charge is 0.319 e. The molecule has 1 aliphatic rings. The molecule has 5 nitrogen and oxygen atoms in total. The first-order valence-corrected chi connectivity index (χ1v) is 7.68. The van der Waals surface area contributed by atoms with Gasteiger partial charge >= 0.3 is 6.03 Å². The van der Waals surface area contributed by atoms with E-state index in [0.717, 1.165) is 5.56 Å². The van der Waals surface area contributed by atoms with Gasteiger partial charge in [0.2, 0.25) is 0 Å². The van der Waals surface area contributed by atoms with Gasteiger partial charge in [-0.15, -0.1) is 0 Å². The summed E-state index contributed by atoms with van der Waals surface area (Å²) in [4.78, 5) is 26.3. The van der Waals surface area contributed by atoms with E-state index < -0.39 is 6.04 Å². The summed E-state index contributed by atoms with van der Waals surface area (Å²) in [5.41, 5.74) is 1.97. The molecule has 1 aliphatic heterocycles. The Morgan fingerprint density at radius 2 is 1.82 bits per heavy atom. The number of hydrogen-bond donors (Lipinski definition) is 2. The third kappa shape index (κ3) is 3.25. The minimum atomic E-state index is -0.473. The molecule has 0 fully saturated rings. The van der Waals surface area contributed by atoms with Crippen molar-refractivity contribution in [1.82, 2.24) is 15.5 Å². The Kier molecular flexibility index (Phi) is 5.08. The molecule has 0 spiro atoms. The zero-order valence-electron chi connectivity index (χ0n) is 12.9. The normalized spacial score (nSPS) is 17.8. The maximum atomic E-state index is 12.8. The fraction of sp³-hybridized carbons (Fsp3) is 0.375. The van der Waals surface area contributed by atoms with Crippen molar-refractivity contribution in [3.63, 3.8) is 0 Å². The molecule has 0 saturated carbocycles. The van der Waals surface area contributed by atoms with Gasteiger partial charge < -0.3 is 15.5 Å². The summed E-state index contributed by atoms with van der Waals surface area (Å²) < 4.78 is 0. The van der Waals surface area contributed by atoms with E-state index >= 15 is 0 Å². The molecule has 1 aromatic carbocycles. The van der Waals surface area contributed by atoms with Gasteiger partial charge in [0.1, 0.15) is 0 Å². The molecule has 3 amide bonds. The standard InChI is InChI=1S/C16H20ClN3O2/c1-4-20(5-2)15(21)13-10(3)18-16(22)19-14(13)11-6-8-12(17)9-7-11/h6-9,14H,4-5H2,1-3H3,(H2,18,19,22). The molecule has 118 valence electrons. The van der Waals surface area contributed by atoms with Crippen LogP contribution in [0.2, 0.25) is 5.02 Å². The minimum absolute atomic E-state index is 0.0741. The van der Waals surface area contributed by atoms with Crippen molar-refractivity contribution in [3.8, 4) is 0 Å². The first-order valence-electron chi connectivity index (χ1n) is 7.30. The van der Waals surface area contributed by atoms with Crippen molar-refractivity contribution in [2.45, 2.75) is 26.8 Å². The van der Waals surface area contributed by atoms with Crippen LogP contribution in [0.25, 0.3) is 0 Å². The Bertz CT molecular complexity index is 606. The Labute approximate surface area is 135 Å². The quantitative estimate of drug-likeness (QED) is 0.895. The molecule has 1 atom stereocenters. The fourth-order valence-electron chi connectivity index (χ4n) is 2.56. The van der Waals surface area contributed by atoms with Gasteiger partial charge in [-0.25, -0.2) is 4.79 Å². The largest absolute Gasteiger partial charge is 0.339 e. The van der Waals surface area contributed by atoms with Crippen LogP contribution >= 0.6 is 11.6 Å². The highest BCUT2D eigenvalue weighted by molar-refractivity contribution is 6.30. The molecule has 22 heavy (non-hydrogen) atoms. The van der Waals surface area contributed by atoms with Crippen molar-refractivity contribution >= 4 is 23.5 Å². The second-order valence-corrected chi connectivity index (χ2v) is 5.54. The van der Waals surface area contributed by atoms with Crippen LogP contribution in [0.1, 0.15) is 32.4 Å². The third-order valence-electron chi connectivity index (χ3n) is 3.75. The van der Waals surface area contributed by atoms with E-state index in [2.05, 4.69) is 10.6 Å². The lowest BCUT2D eigenvalue weighted by molar-refractivity contribution is -0.127. The van der Waals surface area contributed by atoms with E-state index in [1.807, 2.05) is 26.0 Å². The Balaban J connectivity index is 2.45. The highest BCUT2D eigenvalue weighted by Crippen LogP contribution is 2.28. The lowest BCUT2D eigenvalue weighted by Crippen LogP contribution is -2.47. The maximum Gasteiger partial charge on any atom is 0.319 e. The van der Waals surface area contributed by atoms with Crippen LogP contribution in [0.15, 0.2) is 35.5 Å². The fourth-order valence-corrected chi connectivity index (χ4v) is 2.69. The van der Waals surface area contributed by atoms with Crippen molar-refractivity contribution in [3.05, 3.63) is 46.1 Å². The lowest BCUT2D eigenvalue weighted by Gasteiger charge is -2.31. The average Bonchev–Trinajstić information content (AvgIpc) is 2.48. The Morgan fingerprint density at radius 3 is 2.36 bits per heavy atom. The summed E-state index contributed by atoms with van der Waals surface area (Å²) in [6.45, 7) is 6.85. The Morgan fingerprint density at radius 1 is 1.23 bits per heavy atom. The summed E-state index contributed by atoms with van der Waals surface area (Å²) in [5.74, 6) is -0.0741. The van der Waals surface area contributed by atoms with Gasteiger partial charge in [-0.2, -0.15) is 0 Å². The van der Waals surface area contributed by atoms with E-state index in [1.54, 1.807) is 24.0 Å². The summed E-state index contributed by atoms with van der Waals surface area (Å²) in [6.07, 6.45) is 0. The molecule has 1 unspecified atom stereocenters. The summed E-state index contributed by atoms with van der Waals surface area (Å²) in [7, 11) is 0. The number of nitrogens with one attached hydrogen (secondary N) is 2. The van der Waals surface area contributed by atoms with Gasteiger partial charge in [-0.3, -0.25) is 4.79 Å². The first-order chi connectivity index (χ1) is 10.5. The van der Waals surface area contributed by atoms with Crippen LogP contribution in [-0.4, -0.2) is 29.9 Å². The van der Waals surface area contributed by atoms with Gasteiger partial charge in [0.05, 0.1) is 11.6 Å². The van der Waals surface area contributed by atoms with Crippen LogP contribution in [0, 0.1) is 0 Å². The molecular formula is C16H20ClN3O2. The molecular weight excluding hydrogens is 302 g/mol. The highest BCUT2D eigenvalue weighted by atomic mass is 35.5. The zero-order valence-corrected chi connectivity index (χ0v) is 13.7. The molecule has 6 heteroatoms. The van der Waals surface area contributed by atoms with Crippen LogP contribution in [-0.2, 0) is 4.79 Å². The van der Waals surface area contributed by atoms with Gasteiger partial charge in [-0.1, -0.05) is 23.7 Å². The first kappa shape index (κ1) is 16.4. The maximum absolute atomic E-state index is 12.8. The number of benzene rings is 1. The molecule has 2 N–H and O–H groups in total. The van der Waals surface area contributed by atoms with E-state index in [9.17, 15) is 9.59 Å². The molecule has 2 rings (SSSR count). The number of carbonyl (C=O) groups is 2. The van der Waals surface area contributed by atoms with Crippen LogP contribution in [0.5, 0.6) is 0 Å². The number of nitrogens with zero attached hydrogens (tertiary/aromatic N) is 1.